The van der Waals surface area contributed by atoms with Gasteiger partial charge in [0.25, 0.3) is 0 Å². The van der Waals surface area contributed by atoms with E-state index in [0.29, 0.717) is 29.1 Å². The van der Waals surface area contributed by atoms with Gasteiger partial charge in [0, 0.05) is 34.4 Å². The fourth-order valence-electron chi connectivity index (χ4n) is 3.98. The van der Waals surface area contributed by atoms with E-state index in [1.165, 1.54) is 0 Å². The van der Waals surface area contributed by atoms with E-state index in [1.807, 2.05) is 47.6 Å². The number of phenolic OH excluding ortho intramolecular Hbond substituents is 1. The number of primary amides is 1. The van der Waals surface area contributed by atoms with Gasteiger partial charge < -0.3 is 15.7 Å². The van der Waals surface area contributed by atoms with Gasteiger partial charge in [-0.05, 0) is 42.0 Å². The lowest BCUT2D eigenvalue weighted by molar-refractivity contribution is -0.114. The Morgan fingerprint density at radius 1 is 1.12 bits per heavy atom. The molecule has 7 nitrogen and oxygen atoms in total. The normalized spacial score (nSPS) is 14.4. The number of Topliss-reactive ketones (excluding diaryl/α,β-unsaturated/α-hetero) is 1. The smallest absolute Gasteiger partial charge is 0.244 e. The zero-order valence-electron chi connectivity index (χ0n) is 21.0. The second-order valence-corrected chi connectivity index (χ2v) is 11.0. The number of aromatic hydroxyl groups is 1. The van der Waals surface area contributed by atoms with Crippen molar-refractivity contribution in [1.82, 2.24) is 9.88 Å². The standard InChI is InChI=1S/C27H34N4O3/c1-15(25(29)34)10-18-9-8-16-13-31(24(28)22(16)30-18)14-21(32)17-11-19(26(2,3)4)23(33)20(12-17)27(5,6)7/h8-12,28,33H,13-14H2,1-7H3,(H2,29,34)/b15-10+,28-24?. The highest BCUT2D eigenvalue weighted by Crippen LogP contribution is 2.40. The van der Waals surface area contributed by atoms with Crippen LogP contribution in [0.1, 0.15) is 86.9 Å². The minimum absolute atomic E-state index is 0.0264. The molecule has 0 fully saturated rings. The topological polar surface area (TPSA) is 120 Å². The number of carbonyl (C=O) groups excluding carboxylic acids is 2. The first-order valence-corrected chi connectivity index (χ1v) is 11.3. The number of benzene rings is 1. The third kappa shape index (κ3) is 5.03. The van der Waals surface area contributed by atoms with E-state index < -0.39 is 5.91 Å². The van der Waals surface area contributed by atoms with Gasteiger partial charge in [-0.2, -0.15) is 0 Å². The molecule has 1 amide bonds. The number of aromatic nitrogens is 1. The van der Waals surface area contributed by atoms with Crippen molar-refractivity contribution in [3.63, 3.8) is 0 Å². The van der Waals surface area contributed by atoms with E-state index in [4.69, 9.17) is 11.1 Å². The zero-order valence-corrected chi connectivity index (χ0v) is 21.0. The maximum absolute atomic E-state index is 13.4. The van der Waals surface area contributed by atoms with E-state index in [0.717, 1.165) is 16.7 Å². The number of nitrogens with one attached hydrogen (secondary N) is 1. The van der Waals surface area contributed by atoms with Crippen molar-refractivity contribution in [2.45, 2.75) is 65.8 Å². The number of amidine groups is 1. The van der Waals surface area contributed by atoms with Crippen LogP contribution in [0.25, 0.3) is 6.08 Å². The van der Waals surface area contributed by atoms with E-state index in [2.05, 4.69) is 4.98 Å². The molecule has 0 bridgehead atoms. The Labute approximate surface area is 201 Å². The number of hydrogen-bond donors (Lipinski definition) is 3. The van der Waals surface area contributed by atoms with Gasteiger partial charge in [0.05, 0.1) is 12.2 Å². The molecule has 1 aromatic heterocycles. The first kappa shape index (κ1) is 25.1. The van der Waals surface area contributed by atoms with Crippen LogP contribution < -0.4 is 5.73 Å². The molecule has 0 aliphatic carbocycles. The fraction of sp³-hybridized carbons (Fsp3) is 0.407. The predicted molar refractivity (Wildman–Crippen MR) is 134 cm³/mol. The Bertz CT molecular complexity index is 1180. The van der Waals surface area contributed by atoms with E-state index >= 15 is 0 Å². The molecule has 34 heavy (non-hydrogen) atoms. The van der Waals surface area contributed by atoms with Crippen LogP contribution in [0.15, 0.2) is 29.8 Å². The highest BCUT2D eigenvalue weighted by atomic mass is 16.3. The average Bonchev–Trinajstić information content (AvgIpc) is 3.01. The van der Waals surface area contributed by atoms with Crippen LogP contribution in [0, 0.1) is 5.41 Å². The molecule has 0 saturated carbocycles. The molecular weight excluding hydrogens is 428 g/mol. The summed E-state index contributed by atoms with van der Waals surface area (Å²) in [4.78, 5) is 30.9. The molecule has 0 atom stereocenters. The molecule has 7 heteroatoms. The zero-order chi connectivity index (χ0) is 25.6. The number of nitrogens with zero attached hydrogens (tertiary/aromatic N) is 2. The van der Waals surface area contributed by atoms with Crippen LogP contribution in [0.3, 0.4) is 0 Å². The number of phenols is 1. The highest BCUT2D eigenvalue weighted by molar-refractivity contribution is 6.04. The number of amides is 1. The third-order valence-corrected chi connectivity index (χ3v) is 6.04. The molecular formula is C27H34N4O3. The summed E-state index contributed by atoms with van der Waals surface area (Å²) >= 11 is 0. The first-order valence-electron chi connectivity index (χ1n) is 11.3. The van der Waals surface area contributed by atoms with Crippen LogP contribution in [0.5, 0.6) is 5.75 Å². The van der Waals surface area contributed by atoms with E-state index in [1.54, 1.807) is 36.1 Å². The van der Waals surface area contributed by atoms with Crippen LogP contribution in [0.4, 0.5) is 0 Å². The van der Waals surface area contributed by atoms with Gasteiger partial charge in [0.15, 0.2) is 5.78 Å². The van der Waals surface area contributed by atoms with Crippen molar-refractivity contribution in [2.75, 3.05) is 6.54 Å². The number of pyridine rings is 1. The number of carbonyl (C=O) groups is 2. The number of rotatable bonds is 5. The van der Waals surface area contributed by atoms with Gasteiger partial charge >= 0.3 is 0 Å². The summed E-state index contributed by atoms with van der Waals surface area (Å²) in [5.74, 6) is -0.254. The van der Waals surface area contributed by atoms with Crippen LogP contribution in [-0.4, -0.2) is 39.1 Å². The minimum atomic E-state index is -0.525. The van der Waals surface area contributed by atoms with Crippen LogP contribution in [0.2, 0.25) is 0 Å². The molecule has 0 radical (unpaired) electrons. The summed E-state index contributed by atoms with van der Waals surface area (Å²) in [5.41, 5.74) is 8.86. The van der Waals surface area contributed by atoms with Crippen molar-refractivity contribution in [3.05, 3.63) is 63.5 Å². The summed E-state index contributed by atoms with van der Waals surface area (Å²) in [6.07, 6.45) is 1.59. The van der Waals surface area contributed by atoms with Gasteiger partial charge in [-0.3, -0.25) is 15.0 Å². The van der Waals surface area contributed by atoms with Crippen LogP contribution >= 0.6 is 0 Å². The number of fused-ring (bicyclic) bond motifs is 1. The molecule has 1 aliphatic heterocycles. The molecule has 2 aromatic rings. The van der Waals surface area contributed by atoms with E-state index in [9.17, 15) is 14.7 Å². The van der Waals surface area contributed by atoms with Gasteiger partial charge in [0.2, 0.25) is 5.91 Å². The molecule has 3 rings (SSSR count). The fourth-order valence-corrected chi connectivity index (χ4v) is 3.98. The van der Waals surface area contributed by atoms with E-state index in [-0.39, 0.29) is 34.7 Å². The maximum Gasteiger partial charge on any atom is 0.244 e. The number of ketones is 1. The van der Waals surface area contributed by atoms with Gasteiger partial charge in [-0.25, -0.2) is 4.98 Å². The van der Waals surface area contributed by atoms with Crippen molar-refractivity contribution in [3.8, 4) is 5.75 Å². The molecule has 0 saturated heterocycles. The minimum Gasteiger partial charge on any atom is -0.507 e. The first-order chi connectivity index (χ1) is 15.6. The largest absolute Gasteiger partial charge is 0.507 e. The Hall–Kier alpha value is -3.48. The monoisotopic (exact) mass is 462 g/mol. The Balaban J connectivity index is 1.91. The second kappa shape index (κ2) is 8.70. The van der Waals surface area contributed by atoms with Gasteiger partial charge in [-0.15, -0.1) is 0 Å². The molecule has 0 unspecified atom stereocenters. The lowest BCUT2D eigenvalue weighted by Gasteiger charge is -2.28. The lowest BCUT2D eigenvalue weighted by atomic mass is 9.78. The van der Waals surface area contributed by atoms with Crippen LogP contribution in [-0.2, 0) is 22.2 Å². The van der Waals surface area contributed by atoms with Gasteiger partial charge in [0.1, 0.15) is 17.3 Å². The summed E-state index contributed by atoms with van der Waals surface area (Å²) in [7, 11) is 0. The predicted octanol–water partition coefficient (Wildman–Crippen LogP) is 4.29. The Morgan fingerprint density at radius 2 is 1.68 bits per heavy atom. The molecule has 180 valence electrons. The van der Waals surface area contributed by atoms with Crippen molar-refractivity contribution in [2.24, 2.45) is 5.73 Å². The lowest BCUT2D eigenvalue weighted by Crippen LogP contribution is -2.31. The molecule has 4 N–H and O–H groups in total. The molecule has 1 aromatic carbocycles. The quantitative estimate of drug-likeness (QED) is 0.452. The second-order valence-electron chi connectivity index (χ2n) is 11.0. The summed E-state index contributed by atoms with van der Waals surface area (Å²) in [6, 6.07) is 7.17. The average molecular weight is 463 g/mol. The van der Waals surface area contributed by atoms with Crippen molar-refractivity contribution < 1.29 is 14.7 Å². The maximum atomic E-state index is 13.4. The molecule has 2 heterocycles. The van der Waals surface area contributed by atoms with Gasteiger partial charge in [-0.1, -0.05) is 47.6 Å². The molecule has 1 aliphatic rings. The highest BCUT2D eigenvalue weighted by Gasteiger charge is 2.31. The molecule has 0 spiro atoms. The Morgan fingerprint density at radius 3 is 2.18 bits per heavy atom. The number of nitrogens with two attached hydrogens (primary N) is 1. The summed E-state index contributed by atoms with van der Waals surface area (Å²) < 4.78 is 0. The third-order valence-electron chi connectivity index (χ3n) is 6.04. The van der Waals surface area contributed by atoms with Crippen molar-refractivity contribution in [1.29, 1.82) is 5.41 Å². The van der Waals surface area contributed by atoms with Crippen molar-refractivity contribution >= 4 is 23.6 Å². The SMILES string of the molecule is C/C(=C\c1ccc2c(n1)C(=N)N(CC(=O)c1cc(C(C)(C)C)c(O)c(C(C)(C)C)c1)C2)C(N)=O. The summed E-state index contributed by atoms with van der Waals surface area (Å²) in [6.45, 7) is 14.1. The Kier molecular flexibility index (Phi) is 6.44. The summed E-state index contributed by atoms with van der Waals surface area (Å²) in [5, 5.41) is 19.5. The number of hydrogen-bond acceptors (Lipinski definition) is 5.